The van der Waals surface area contributed by atoms with Crippen molar-refractivity contribution in [1.29, 1.82) is 0 Å². The standard InChI is InChI=1S/C23H19ClN4O7/c1-34-21-11-16(13-25-26-22(29)12-17-4-2-3-5-20(17)28(32)33)10-19(24)23(21)35-14-15-6-8-18(9-7-15)27(30)31/h2-11,13H,12,14H2,1H3,(H,26,29)/b25-13+. The number of carbonyl (C=O) groups is 1. The Morgan fingerprint density at radius 2 is 1.80 bits per heavy atom. The van der Waals surface area contributed by atoms with Crippen molar-refractivity contribution in [1.82, 2.24) is 5.43 Å². The summed E-state index contributed by atoms with van der Waals surface area (Å²) < 4.78 is 11.1. The van der Waals surface area contributed by atoms with Gasteiger partial charge in [-0.1, -0.05) is 29.8 Å². The molecule has 0 heterocycles. The summed E-state index contributed by atoms with van der Waals surface area (Å²) in [6.07, 6.45) is 1.12. The van der Waals surface area contributed by atoms with Gasteiger partial charge < -0.3 is 9.47 Å². The van der Waals surface area contributed by atoms with Crippen LogP contribution in [0.1, 0.15) is 16.7 Å². The number of nitrogens with zero attached hydrogens (tertiary/aromatic N) is 3. The summed E-state index contributed by atoms with van der Waals surface area (Å²) in [6.45, 7) is 0.100. The van der Waals surface area contributed by atoms with Crippen LogP contribution in [-0.4, -0.2) is 29.1 Å². The smallest absolute Gasteiger partial charge is 0.273 e. The zero-order valence-electron chi connectivity index (χ0n) is 18.3. The summed E-state index contributed by atoms with van der Waals surface area (Å²) in [5, 5.41) is 25.9. The van der Waals surface area contributed by atoms with E-state index in [4.69, 9.17) is 21.1 Å². The number of para-hydroxylation sites is 1. The summed E-state index contributed by atoms with van der Waals surface area (Å²) in [5.74, 6) is 0.0499. The average molecular weight is 499 g/mol. The normalized spacial score (nSPS) is 10.7. The number of hydrogen-bond donors (Lipinski definition) is 1. The van der Waals surface area contributed by atoms with E-state index in [1.165, 1.54) is 43.7 Å². The van der Waals surface area contributed by atoms with E-state index < -0.39 is 15.8 Å². The Balaban J connectivity index is 1.64. The Morgan fingerprint density at radius 1 is 1.09 bits per heavy atom. The maximum absolute atomic E-state index is 12.1. The van der Waals surface area contributed by atoms with E-state index >= 15 is 0 Å². The van der Waals surface area contributed by atoms with E-state index in [2.05, 4.69) is 10.5 Å². The maximum atomic E-state index is 12.1. The second kappa shape index (κ2) is 11.6. The Kier molecular flexibility index (Phi) is 8.30. The van der Waals surface area contributed by atoms with Gasteiger partial charge in [-0.2, -0.15) is 5.10 Å². The fraction of sp³-hybridized carbons (Fsp3) is 0.130. The lowest BCUT2D eigenvalue weighted by atomic mass is 10.1. The van der Waals surface area contributed by atoms with Crippen LogP contribution in [0.15, 0.2) is 65.8 Å². The molecule has 3 aromatic carbocycles. The Bertz CT molecular complexity index is 1280. The molecule has 0 saturated heterocycles. The second-order valence-corrected chi connectivity index (χ2v) is 7.51. The van der Waals surface area contributed by atoms with E-state index in [0.717, 1.165) is 0 Å². The highest BCUT2D eigenvalue weighted by Crippen LogP contribution is 2.36. The lowest BCUT2D eigenvalue weighted by Crippen LogP contribution is -2.20. The quantitative estimate of drug-likeness (QED) is 0.247. The molecule has 180 valence electrons. The molecule has 0 atom stereocenters. The van der Waals surface area contributed by atoms with Gasteiger partial charge in [0.1, 0.15) is 6.61 Å². The van der Waals surface area contributed by atoms with E-state index in [1.807, 2.05) is 0 Å². The van der Waals surface area contributed by atoms with E-state index in [9.17, 15) is 25.0 Å². The first-order valence-corrected chi connectivity index (χ1v) is 10.4. The molecule has 1 N–H and O–H groups in total. The molecule has 0 bridgehead atoms. The fourth-order valence-corrected chi connectivity index (χ4v) is 3.33. The first-order valence-electron chi connectivity index (χ1n) is 10.1. The van der Waals surface area contributed by atoms with Gasteiger partial charge >= 0.3 is 0 Å². The van der Waals surface area contributed by atoms with Gasteiger partial charge in [0.15, 0.2) is 11.5 Å². The number of hydrogen-bond acceptors (Lipinski definition) is 8. The first-order chi connectivity index (χ1) is 16.8. The molecule has 3 rings (SSSR count). The average Bonchev–Trinajstić information content (AvgIpc) is 2.83. The third-order valence-electron chi connectivity index (χ3n) is 4.72. The third kappa shape index (κ3) is 6.74. The van der Waals surface area contributed by atoms with Gasteiger partial charge in [0, 0.05) is 23.8 Å². The predicted molar refractivity (Wildman–Crippen MR) is 128 cm³/mol. The topological polar surface area (TPSA) is 146 Å². The van der Waals surface area contributed by atoms with Crippen molar-refractivity contribution in [3.05, 3.63) is 103 Å². The molecule has 0 aromatic heterocycles. The highest BCUT2D eigenvalue weighted by molar-refractivity contribution is 6.32. The Morgan fingerprint density at radius 3 is 2.46 bits per heavy atom. The van der Waals surface area contributed by atoms with Crippen molar-refractivity contribution in [2.45, 2.75) is 13.0 Å². The zero-order valence-corrected chi connectivity index (χ0v) is 19.1. The fourth-order valence-electron chi connectivity index (χ4n) is 3.05. The number of ether oxygens (including phenoxy) is 2. The summed E-state index contributed by atoms with van der Waals surface area (Å²) in [6, 6.07) is 15.0. The molecule has 0 aliphatic heterocycles. The van der Waals surface area contributed by atoms with Gasteiger partial charge in [0.05, 0.1) is 34.6 Å². The van der Waals surface area contributed by atoms with Gasteiger partial charge in [0.25, 0.3) is 11.4 Å². The van der Waals surface area contributed by atoms with E-state index in [1.54, 1.807) is 30.3 Å². The van der Waals surface area contributed by atoms with Crippen LogP contribution in [0.4, 0.5) is 11.4 Å². The van der Waals surface area contributed by atoms with Crippen LogP contribution in [0.2, 0.25) is 5.02 Å². The Labute approximate surface area is 204 Å². The van der Waals surface area contributed by atoms with Crippen molar-refractivity contribution in [3.63, 3.8) is 0 Å². The molecule has 0 unspecified atom stereocenters. The molecule has 0 fully saturated rings. The molecule has 11 nitrogen and oxygen atoms in total. The van der Waals surface area contributed by atoms with Crippen molar-refractivity contribution >= 4 is 35.1 Å². The molecular formula is C23H19ClN4O7. The number of nitro groups is 2. The lowest BCUT2D eigenvalue weighted by Gasteiger charge is -2.13. The number of methoxy groups -OCH3 is 1. The van der Waals surface area contributed by atoms with Gasteiger partial charge in [-0.25, -0.2) is 5.43 Å². The van der Waals surface area contributed by atoms with Crippen molar-refractivity contribution in [3.8, 4) is 11.5 Å². The zero-order chi connectivity index (χ0) is 25.4. The maximum Gasteiger partial charge on any atom is 0.273 e. The molecule has 3 aromatic rings. The minimum absolute atomic E-state index is 0.0258. The summed E-state index contributed by atoms with van der Waals surface area (Å²) >= 11 is 6.34. The van der Waals surface area contributed by atoms with Gasteiger partial charge in [-0.05, 0) is 35.4 Å². The lowest BCUT2D eigenvalue weighted by molar-refractivity contribution is -0.385. The van der Waals surface area contributed by atoms with E-state index in [0.29, 0.717) is 16.9 Å². The SMILES string of the molecule is COc1cc(/C=N/NC(=O)Cc2ccccc2[N+](=O)[O-])cc(Cl)c1OCc1ccc([N+](=O)[O-])cc1. The third-order valence-corrected chi connectivity index (χ3v) is 5.01. The number of hydrazone groups is 1. The number of non-ortho nitro benzene ring substituents is 1. The van der Waals surface area contributed by atoms with Gasteiger partial charge in [-0.15, -0.1) is 0 Å². The van der Waals surface area contributed by atoms with Crippen LogP contribution < -0.4 is 14.9 Å². The minimum atomic E-state index is -0.550. The molecule has 12 heteroatoms. The Hall–Kier alpha value is -4.51. The number of carbonyl (C=O) groups excluding carboxylic acids is 1. The number of benzene rings is 3. The molecular weight excluding hydrogens is 480 g/mol. The van der Waals surface area contributed by atoms with Gasteiger partial charge in [-0.3, -0.25) is 25.0 Å². The van der Waals surface area contributed by atoms with Gasteiger partial charge in [0.2, 0.25) is 5.91 Å². The molecule has 0 aliphatic carbocycles. The molecule has 0 radical (unpaired) electrons. The largest absolute Gasteiger partial charge is 0.493 e. The van der Waals surface area contributed by atoms with Crippen LogP contribution >= 0.6 is 11.6 Å². The number of amides is 1. The predicted octanol–water partition coefficient (Wildman–Crippen LogP) is 4.44. The highest BCUT2D eigenvalue weighted by Gasteiger charge is 2.15. The van der Waals surface area contributed by atoms with E-state index in [-0.39, 0.29) is 40.7 Å². The van der Waals surface area contributed by atoms with Crippen molar-refractivity contribution in [2.24, 2.45) is 5.10 Å². The van der Waals surface area contributed by atoms with Crippen LogP contribution in [0.25, 0.3) is 0 Å². The number of halogens is 1. The highest BCUT2D eigenvalue weighted by atomic mass is 35.5. The van der Waals surface area contributed by atoms with Crippen LogP contribution in [0.3, 0.4) is 0 Å². The second-order valence-electron chi connectivity index (χ2n) is 7.10. The number of rotatable bonds is 10. The first kappa shape index (κ1) is 25.1. The summed E-state index contributed by atoms with van der Waals surface area (Å²) in [7, 11) is 1.43. The number of nitrogens with one attached hydrogen (secondary N) is 1. The summed E-state index contributed by atoms with van der Waals surface area (Å²) in [5.41, 5.74) is 3.61. The van der Waals surface area contributed by atoms with Crippen molar-refractivity contribution in [2.75, 3.05) is 7.11 Å². The monoisotopic (exact) mass is 498 g/mol. The summed E-state index contributed by atoms with van der Waals surface area (Å²) in [4.78, 5) is 32.9. The van der Waals surface area contributed by atoms with Crippen LogP contribution in [0.5, 0.6) is 11.5 Å². The molecule has 0 aliphatic rings. The minimum Gasteiger partial charge on any atom is -0.493 e. The molecule has 0 saturated carbocycles. The van der Waals surface area contributed by atoms with Crippen LogP contribution in [-0.2, 0) is 17.8 Å². The number of nitro benzene ring substituents is 2. The molecule has 0 spiro atoms. The molecule has 1 amide bonds. The van der Waals surface area contributed by atoms with Crippen LogP contribution in [0, 0.1) is 20.2 Å². The molecule has 35 heavy (non-hydrogen) atoms. The van der Waals surface area contributed by atoms with Crippen molar-refractivity contribution < 1.29 is 24.1 Å².